The molecule has 0 aromatic rings. The minimum atomic E-state index is -2.03. The van der Waals surface area contributed by atoms with Gasteiger partial charge in [-0.15, -0.1) is 0 Å². The predicted molar refractivity (Wildman–Crippen MR) is 283 cm³/mol. The summed E-state index contributed by atoms with van der Waals surface area (Å²) in [5.74, 6) is -16.3. The van der Waals surface area contributed by atoms with Gasteiger partial charge in [0.1, 0.15) is 60.4 Å². The molecular weight excluding hydrogens is 1090 g/mol. The van der Waals surface area contributed by atoms with E-state index in [9.17, 15) is 87.5 Å². The van der Waals surface area contributed by atoms with Gasteiger partial charge >= 0.3 is 11.9 Å². The molecule has 0 spiro atoms. The average Bonchev–Trinajstić information content (AvgIpc) is 3.85. The van der Waals surface area contributed by atoms with Crippen molar-refractivity contribution in [2.24, 2.45) is 23.1 Å². The van der Waals surface area contributed by atoms with Crippen LogP contribution < -0.4 is 65.1 Å². The SMILES string of the molecule is CC(=O)N[C@@H](CS)C(=O)N[C@H](C(=O)N[C@@H](CC(=O)O)C(=O)N[C@@H](CCC(=O)O)C(=O)N1CCC[C@@H]1C(=O)N[C@@H](CC(N)=O)C(=O)N[C@@H](CCCCN)C(=O)N[C@@H](CC(C)C)C(=O)N[C@H](C(=O)N[C@@H](CS)C(N)=O)[C@@H](C)O)[C@@H](C)O. The predicted octanol–water partition coefficient (Wildman–Crippen LogP) is -7.14. The molecule has 1 aliphatic rings. The quantitative estimate of drug-likeness (QED) is 0.0205. The summed E-state index contributed by atoms with van der Waals surface area (Å²) in [6, 6.07) is -16.1. The number of amides is 12. The molecule has 1 fully saturated rings. The van der Waals surface area contributed by atoms with Gasteiger partial charge < -0.3 is 90.4 Å². The summed E-state index contributed by atoms with van der Waals surface area (Å²) < 4.78 is 0. The van der Waals surface area contributed by atoms with Crippen LogP contribution in [0.1, 0.15) is 98.8 Å². The molecule has 0 bridgehead atoms. The molecule has 0 aromatic carbocycles. The summed E-state index contributed by atoms with van der Waals surface area (Å²) >= 11 is 7.95. The Morgan fingerprint density at radius 2 is 1.03 bits per heavy atom. The van der Waals surface area contributed by atoms with Gasteiger partial charge in [-0.05, 0) is 71.3 Å². The number of nitrogens with one attached hydrogen (secondary N) is 9. The molecule has 33 heteroatoms. The first-order chi connectivity index (χ1) is 36.9. The summed E-state index contributed by atoms with van der Waals surface area (Å²) in [7, 11) is 0. The third-order valence-electron chi connectivity index (χ3n) is 11.9. The van der Waals surface area contributed by atoms with E-state index < -0.39 is 181 Å². The van der Waals surface area contributed by atoms with Gasteiger partial charge in [0.05, 0.1) is 25.0 Å². The lowest BCUT2D eigenvalue weighted by Gasteiger charge is -2.31. The largest absolute Gasteiger partial charge is 0.481 e. The fourth-order valence-electron chi connectivity index (χ4n) is 7.86. The van der Waals surface area contributed by atoms with Crippen LogP contribution in [0.5, 0.6) is 0 Å². The molecule has 1 rings (SSSR count). The molecule has 19 N–H and O–H groups in total. The smallest absolute Gasteiger partial charge is 0.305 e. The minimum Gasteiger partial charge on any atom is -0.481 e. The number of rotatable bonds is 36. The standard InChI is InChI=1S/C46H77N13O18S2/c1-20(2)15-26(41(72)57-36(22(4)61)45(76)56-29(18-78)37(49)68)53-38(69)24(9-6-7-13-47)51-39(70)27(16-32(48)63)54-43(74)31-10-8-14-59(31)46(77)25(11-12-33(64)65)52-40(71)28(17-34(66)67)55-44(75)35(21(3)60)58-42(73)30(19-79)50-23(5)62/h20-22,24-31,35-36,60-61,78-79H,6-19,47H2,1-5H3,(H2,48,63)(H2,49,68)(H,50,62)(H,51,70)(H,52,71)(H,53,69)(H,54,74)(H,55,75)(H,56,76)(H,57,72)(H,58,73)(H,64,65)(H,66,67)/t21-,22-,24+,25+,26+,27+,28+,29+,30+,31-,35+,36+/m1/s1. The Morgan fingerprint density at radius 3 is 1.48 bits per heavy atom. The number of carbonyl (C=O) groups excluding carboxylic acids is 12. The second-order valence-corrected chi connectivity index (χ2v) is 19.9. The van der Waals surface area contributed by atoms with Crippen LogP contribution in [0.2, 0.25) is 0 Å². The van der Waals surface area contributed by atoms with Crippen LogP contribution in [-0.4, -0.2) is 205 Å². The summed E-state index contributed by atoms with van der Waals surface area (Å²) in [6.45, 7) is 6.74. The number of primary amides is 2. The number of carboxylic acids is 2. The second-order valence-electron chi connectivity index (χ2n) is 19.1. The molecule has 0 unspecified atom stereocenters. The van der Waals surface area contributed by atoms with E-state index in [2.05, 4.69) is 73.1 Å². The van der Waals surface area contributed by atoms with Crippen LogP contribution >= 0.6 is 25.3 Å². The number of carboxylic acid groups (broad SMARTS) is 2. The monoisotopic (exact) mass is 1160 g/mol. The number of thiol groups is 2. The molecule has 79 heavy (non-hydrogen) atoms. The molecule has 1 aliphatic heterocycles. The van der Waals surface area contributed by atoms with Crippen molar-refractivity contribution in [2.45, 2.75) is 171 Å². The first-order valence-corrected chi connectivity index (χ1v) is 26.4. The summed E-state index contributed by atoms with van der Waals surface area (Å²) in [5, 5.41) is 60.7. The molecule has 1 heterocycles. The van der Waals surface area contributed by atoms with E-state index in [4.69, 9.17) is 17.2 Å². The minimum absolute atomic E-state index is 0.0428. The Hall–Kier alpha value is -6.84. The average molecular weight is 1160 g/mol. The number of aliphatic hydroxyl groups is 2. The number of aliphatic carboxylic acids is 2. The maximum atomic E-state index is 14.2. The topological polar surface area (TPSA) is 509 Å². The highest BCUT2D eigenvalue weighted by molar-refractivity contribution is 7.80. The molecule has 1 saturated heterocycles. The fourth-order valence-corrected chi connectivity index (χ4v) is 8.39. The summed E-state index contributed by atoms with van der Waals surface area (Å²) in [6.07, 6.45) is -6.19. The van der Waals surface area contributed by atoms with E-state index in [1.165, 1.54) is 6.92 Å². The number of unbranched alkanes of at least 4 members (excludes halogenated alkanes) is 1. The number of aliphatic hydroxyl groups excluding tert-OH is 2. The molecule has 0 radical (unpaired) electrons. The molecular formula is C46H77N13O18S2. The first kappa shape index (κ1) is 70.2. The highest BCUT2D eigenvalue weighted by atomic mass is 32.1. The molecule has 0 aliphatic carbocycles. The van der Waals surface area contributed by atoms with E-state index in [-0.39, 0.29) is 62.6 Å². The van der Waals surface area contributed by atoms with E-state index in [1.54, 1.807) is 13.8 Å². The van der Waals surface area contributed by atoms with Gasteiger partial charge in [-0.2, -0.15) is 25.3 Å². The van der Waals surface area contributed by atoms with E-state index in [1.807, 2.05) is 0 Å². The maximum Gasteiger partial charge on any atom is 0.305 e. The van der Waals surface area contributed by atoms with Crippen molar-refractivity contribution in [2.75, 3.05) is 24.6 Å². The van der Waals surface area contributed by atoms with Crippen LogP contribution in [0.3, 0.4) is 0 Å². The molecule has 12 atom stereocenters. The molecule has 12 amide bonds. The van der Waals surface area contributed by atoms with E-state index in [0.717, 1.165) is 18.7 Å². The van der Waals surface area contributed by atoms with Gasteiger partial charge in [0.25, 0.3) is 0 Å². The van der Waals surface area contributed by atoms with Gasteiger partial charge in [0.2, 0.25) is 70.9 Å². The molecule has 31 nitrogen and oxygen atoms in total. The van der Waals surface area contributed by atoms with Crippen molar-refractivity contribution in [3.8, 4) is 0 Å². The van der Waals surface area contributed by atoms with E-state index in [0.29, 0.717) is 6.42 Å². The normalized spacial score (nSPS) is 17.2. The molecule has 0 aromatic heterocycles. The van der Waals surface area contributed by atoms with Gasteiger partial charge in [0, 0.05) is 31.4 Å². The fraction of sp³-hybridized carbons (Fsp3) is 0.696. The molecule has 0 saturated carbocycles. The Labute approximate surface area is 466 Å². The van der Waals surface area contributed by atoms with Crippen molar-refractivity contribution in [1.29, 1.82) is 0 Å². The number of likely N-dealkylation sites (tertiary alicyclic amines) is 1. The first-order valence-electron chi connectivity index (χ1n) is 25.2. The van der Waals surface area contributed by atoms with Crippen molar-refractivity contribution in [1.82, 2.24) is 52.8 Å². The Bertz CT molecular complexity index is 2210. The number of carbonyl (C=O) groups is 14. The lowest BCUT2D eigenvalue weighted by molar-refractivity contribution is -0.144. The van der Waals surface area contributed by atoms with Crippen LogP contribution in [0.25, 0.3) is 0 Å². The highest BCUT2D eigenvalue weighted by Crippen LogP contribution is 2.21. The third-order valence-corrected chi connectivity index (χ3v) is 12.6. The maximum absolute atomic E-state index is 14.2. The van der Waals surface area contributed by atoms with Crippen LogP contribution in [0, 0.1) is 5.92 Å². The third kappa shape index (κ3) is 24.8. The Morgan fingerprint density at radius 1 is 0.557 bits per heavy atom. The van der Waals surface area contributed by atoms with Crippen LogP contribution in [0.4, 0.5) is 0 Å². The van der Waals surface area contributed by atoms with Crippen molar-refractivity contribution < 1.29 is 87.5 Å². The number of nitrogens with two attached hydrogens (primary N) is 3. The number of hydrogen-bond acceptors (Lipinski definition) is 19. The second kappa shape index (κ2) is 34.9. The zero-order valence-electron chi connectivity index (χ0n) is 44.5. The zero-order chi connectivity index (χ0) is 60.4. The molecule has 446 valence electrons. The lowest BCUT2D eigenvalue weighted by atomic mass is 10.0. The Kier molecular flexibility index (Phi) is 31.0. The van der Waals surface area contributed by atoms with Gasteiger partial charge in [-0.1, -0.05) is 13.8 Å². The summed E-state index contributed by atoms with van der Waals surface area (Å²) in [4.78, 5) is 183. The van der Waals surface area contributed by atoms with Crippen LogP contribution in [-0.2, 0) is 67.1 Å². The van der Waals surface area contributed by atoms with Crippen LogP contribution in [0.15, 0.2) is 0 Å². The number of hydrogen-bond donors (Lipinski definition) is 18. The Balaban J connectivity index is 3.51. The van der Waals surface area contributed by atoms with Crippen molar-refractivity contribution in [3.05, 3.63) is 0 Å². The lowest BCUT2D eigenvalue weighted by Crippen LogP contribution is -2.62. The number of nitrogens with zero attached hydrogens (tertiary/aromatic N) is 1. The summed E-state index contributed by atoms with van der Waals surface area (Å²) in [5.41, 5.74) is 16.4. The van der Waals surface area contributed by atoms with Gasteiger partial charge in [-0.25, -0.2) is 0 Å². The van der Waals surface area contributed by atoms with E-state index >= 15 is 0 Å². The van der Waals surface area contributed by atoms with Gasteiger partial charge in [-0.3, -0.25) is 67.1 Å². The highest BCUT2D eigenvalue weighted by Gasteiger charge is 2.42. The van der Waals surface area contributed by atoms with Gasteiger partial charge in [0.15, 0.2) is 0 Å². The van der Waals surface area contributed by atoms with Crippen molar-refractivity contribution in [3.63, 3.8) is 0 Å². The van der Waals surface area contributed by atoms with Crippen molar-refractivity contribution >= 4 is 108 Å². The zero-order valence-corrected chi connectivity index (χ0v) is 46.3.